The van der Waals surface area contributed by atoms with Crippen LogP contribution >= 0.6 is 12.4 Å². The van der Waals surface area contributed by atoms with Crippen LogP contribution in [0.4, 0.5) is 5.82 Å². The Labute approximate surface area is 93.3 Å². The van der Waals surface area contributed by atoms with Crippen molar-refractivity contribution in [2.24, 2.45) is 0 Å². The fourth-order valence-corrected chi connectivity index (χ4v) is 1.21. The van der Waals surface area contributed by atoms with Crippen LogP contribution in [0.5, 0.6) is 5.75 Å². The average Bonchev–Trinajstić information content (AvgIpc) is 2.05. The minimum Gasteiger partial charge on any atom is -0.504 e. The summed E-state index contributed by atoms with van der Waals surface area (Å²) in [5, 5.41) is 14.8. The molecule has 3 N–H and O–H groups in total. The molecule has 6 heteroatoms. The van der Waals surface area contributed by atoms with Gasteiger partial charge in [-0.15, -0.1) is 12.4 Å². The zero-order valence-electron chi connectivity index (χ0n) is 7.93. The number of nitrogens with one attached hydrogen (secondary N) is 2. The van der Waals surface area contributed by atoms with E-state index in [0.29, 0.717) is 0 Å². The zero-order chi connectivity index (χ0) is 9.97. The van der Waals surface area contributed by atoms with E-state index in [1.807, 2.05) is 0 Å². The standard InChI is InChI=1S/C9H11N3O2.ClH/c13-7-2-1-4-11-8(7)12-9(14)6-3-5-10-6;/h1-2,4,6,10,13H,3,5H2,(H,11,12,14);1H/t6-;/m1./s1. The van der Waals surface area contributed by atoms with E-state index in [0.717, 1.165) is 13.0 Å². The average molecular weight is 230 g/mol. The highest BCUT2D eigenvalue weighted by Crippen LogP contribution is 2.18. The third kappa shape index (κ3) is 2.57. The Morgan fingerprint density at radius 1 is 1.67 bits per heavy atom. The molecule has 15 heavy (non-hydrogen) atoms. The lowest BCUT2D eigenvalue weighted by Gasteiger charge is -2.25. The summed E-state index contributed by atoms with van der Waals surface area (Å²) in [6.07, 6.45) is 2.35. The van der Waals surface area contributed by atoms with Crippen LogP contribution < -0.4 is 10.6 Å². The summed E-state index contributed by atoms with van der Waals surface area (Å²) < 4.78 is 0. The van der Waals surface area contributed by atoms with Gasteiger partial charge >= 0.3 is 0 Å². The lowest BCUT2D eigenvalue weighted by Crippen LogP contribution is -2.50. The van der Waals surface area contributed by atoms with Gasteiger partial charge in [-0.3, -0.25) is 4.79 Å². The monoisotopic (exact) mass is 229 g/mol. The molecule has 5 nitrogen and oxygen atoms in total. The maximum atomic E-state index is 11.4. The number of aromatic nitrogens is 1. The summed E-state index contributed by atoms with van der Waals surface area (Å²) in [4.78, 5) is 15.3. The summed E-state index contributed by atoms with van der Waals surface area (Å²) in [7, 11) is 0. The molecule has 1 aromatic heterocycles. The number of nitrogens with zero attached hydrogens (tertiary/aromatic N) is 1. The first-order chi connectivity index (χ1) is 6.77. The van der Waals surface area contributed by atoms with Crippen molar-refractivity contribution in [3.05, 3.63) is 18.3 Å². The molecule has 1 amide bonds. The Balaban J connectivity index is 0.00000112. The van der Waals surface area contributed by atoms with Crippen LogP contribution in [0.3, 0.4) is 0 Å². The van der Waals surface area contributed by atoms with Gasteiger partial charge in [-0.1, -0.05) is 0 Å². The number of hydrogen-bond donors (Lipinski definition) is 3. The van der Waals surface area contributed by atoms with E-state index >= 15 is 0 Å². The summed E-state index contributed by atoms with van der Waals surface area (Å²) >= 11 is 0. The smallest absolute Gasteiger partial charge is 0.242 e. The molecule has 2 rings (SSSR count). The normalized spacial score (nSPS) is 18.5. The quantitative estimate of drug-likeness (QED) is 0.691. The Bertz CT molecular complexity index is 355. The molecule has 0 radical (unpaired) electrons. The fourth-order valence-electron chi connectivity index (χ4n) is 1.21. The highest BCUT2D eigenvalue weighted by atomic mass is 35.5. The molecule has 0 aliphatic carbocycles. The van der Waals surface area contributed by atoms with E-state index in [1.165, 1.54) is 12.3 Å². The second kappa shape index (κ2) is 4.95. The number of anilines is 1. The first-order valence-corrected chi connectivity index (χ1v) is 4.45. The van der Waals surface area contributed by atoms with E-state index < -0.39 is 0 Å². The van der Waals surface area contributed by atoms with Crippen LogP contribution in [-0.4, -0.2) is 28.6 Å². The van der Waals surface area contributed by atoms with Gasteiger partial charge in [0.05, 0.1) is 6.04 Å². The zero-order valence-corrected chi connectivity index (χ0v) is 8.75. The predicted molar refractivity (Wildman–Crippen MR) is 58.2 cm³/mol. The molecule has 2 heterocycles. The molecule has 1 aliphatic rings. The van der Waals surface area contributed by atoms with Crippen LogP contribution in [0.15, 0.2) is 18.3 Å². The van der Waals surface area contributed by atoms with Crippen molar-refractivity contribution in [1.82, 2.24) is 10.3 Å². The first kappa shape index (κ1) is 11.7. The van der Waals surface area contributed by atoms with Crippen LogP contribution in [0.2, 0.25) is 0 Å². The van der Waals surface area contributed by atoms with Crippen LogP contribution in [0.25, 0.3) is 0 Å². The lowest BCUT2D eigenvalue weighted by molar-refractivity contribution is -0.119. The van der Waals surface area contributed by atoms with Crippen molar-refractivity contribution in [2.75, 3.05) is 11.9 Å². The second-order valence-electron chi connectivity index (χ2n) is 3.16. The van der Waals surface area contributed by atoms with Crippen LogP contribution in [0, 0.1) is 0 Å². The van der Waals surface area contributed by atoms with Gasteiger partial charge in [0, 0.05) is 6.20 Å². The molecule has 1 aliphatic heterocycles. The van der Waals surface area contributed by atoms with E-state index in [2.05, 4.69) is 15.6 Å². The minimum absolute atomic E-state index is 0. The third-order valence-corrected chi connectivity index (χ3v) is 2.17. The maximum Gasteiger partial charge on any atom is 0.242 e. The van der Waals surface area contributed by atoms with Gasteiger partial charge in [0.1, 0.15) is 0 Å². The Hall–Kier alpha value is -1.33. The van der Waals surface area contributed by atoms with E-state index in [1.54, 1.807) is 6.07 Å². The largest absolute Gasteiger partial charge is 0.504 e. The van der Waals surface area contributed by atoms with Crippen molar-refractivity contribution in [3.63, 3.8) is 0 Å². The fraction of sp³-hybridized carbons (Fsp3) is 0.333. The molecule has 0 bridgehead atoms. The van der Waals surface area contributed by atoms with E-state index in [4.69, 9.17) is 0 Å². The number of rotatable bonds is 2. The summed E-state index contributed by atoms with van der Waals surface area (Å²) in [6, 6.07) is 2.94. The number of aromatic hydroxyl groups is 1. The van der Waals surface area contributed by atoms with Crippen molar-refractivity contribution in [1.29, 1.82) is 0 Å². The van der Waals surface area contributed by atoms with Crippen LogP contribution in [0.1, 0.15) is 6.42 Å². The predicted octanol–water partition coefficient (Wildman–Crippen LogP) is 0.509. The Kier molecular flexibility index (Phi) is 3.88. The van der Waals surface area contributed by atoms with E-state index in [-0.39, 0.29) is 35.9 Å². The molecule has 1 atom stereocenters. The SMILES string of the molecule is Cl.O=C(Nc1ncccc1O)[C@H]1CCN1. The molecular formula is C9H12ClN3O2. The van der Waals surface area contributed by atoms with E-state index in [9.17, 15) is 9.90 Å². The van der Waals surface area contributed by atoms with Gasteiger partial charge in [0.15, 0.2) is 11.6 Å². The topological polar surface area (TPSA) is 74.2 Å². The number of amides is 1. The lowest BCUT2D eigenvalue weighted by atomic mass is 10.1. The molecule has 1 aromatic rings. The Morgan fingerprint density at radius 2 is 2.40 bits per heavy atom. The van der Waals surface area contributed by atoms with Gasteiger partial charge in [-0.05, 0) is 25.1 Å². The van der Waals surface area contributed by atoms with Gasteiger partial charge in [-0.25, -0.2) is 4.98 Å². The molecule has 0 spiro atoms. The first-order valence-electron chi connectivity index (χ1n) is 4.45. The van der Waals surface area contributed by atoms with Crippen molar-refractivity contribution < 1.29 is 9.90 Å². The maximum absolute atomic E-state index is 11.4. The van der Waals surface area contributed by atoms with Crippen LogP contribution in [-0.2, 0) is 4.79 Å². The minimum atomic E-state index is -0.148. The molecule has 0 unspecified atom stereocenters. The molecule has 1 fully saturated rings. The second-order valence-corrected chi connectivity index (χ2v) is 3.16. The summed E-state index contributed by atoms with van der Waals surface area (Å²) in [6.45, 7) is 0.867. The number of pyridine rings is 1. The van der Waals surface area contributed by atoms with Gasteiger partial charge in [0.25, 0.3) is 0 Å². The number of carbonyl (C=O) groups excluding carboxylic acids is 1. The Morgan fingerprint density at radius 3 is 2.93 bits per heavy atom. The van der Waals surface area contributed by atoms with Crippen molar-refractivity contribution in [2.45, 2.75) is 12.5 Å². The summed E-state index contributed by atoms with van der Waals surface area (Å²) in [5.41, 5.74) is 0. The number of carbonyl (C=O) groups is 1. The van der Waals surface area contributed by atoms with Crippen molar-refractivity contribution in [3.8, 4) is 5.75 Å². The highest BCUT2D eigenvalue weighted by molar-refractivity contribution is 5.95. The molecule has 0 aromatic carbocycles. The molecule has 0 saturated carbocycles. The van der Waals surface area contributed by atoms with Gasteiger partial charge in [-0.2, -0.15) is 0 Å². The molecular weight excluding hydrogens is 218 g/mol. The van der Waals surface area contributed by atoms with Gasteiger partial charge in [0.2, 0.25) is 5.91 Å². The summed E-state index contributed by atoms with van der Waals surface area (Å²) in [5.74, 6) is 0.0524. The van der Waals surface area contributed by atoms with Crippen molar-refractivity contribution >= 4 is 24.1 Å². The van der Waals surface area contributed by atoms with Gasteiger partial charge < -0.3 is 15.7 Å². The highest BCUT2D eigenvalue weighted by Gasteiger charge is 2.25. The molecule has 82 valence electrons. The number of hydrogen-bond acceptors (Lipinski definition) is 4. The number of halogens is 1. The third-order valence-electron chi connectivity index (χ3n) is 2.17. The molecule has 1 saturated heterocycles.